The van der Waals surface area contributed by atoms with Gasteiger partial charge < -0.3 is 4.74 Å². The number of allylic oxidation sites excluding steroid dienone is 3. The summed E-state index contributed by atoms with van der Waals surface area (Å²) in [5.41, 5.74) is 0.329. The Morgan fingerprint density at radius 2 is 1.71 bits per heavy atom. The quantitative estimate of drug-likeness (QED) is 0.146. The number of unbranched alkanes of at least 4 members (excludes halogenated alkanes) is 3. The van der Waals surface area contributed by atoms with E-state index in [0.29, 0.717) is 12.3 Å². The lowest BCUT2D eigenvalue weighted by atomic mass is 9.81. The number of hydrogen-bond acceptors (Lipinski definition) is 4. The second kappa shape index (κ2) is 12.8. The maximum Gasteiger partial charge on any atom is 0.308 e. The average Bonchev–Trinajstić information content (AvgIpc) is 3.03. The van der Waals surface area contributed by atoms with Crippen molar-refractivity contribution in [2.24, 2.45) is 5.92 Å². The van der Waals surface area contributed by atoms with Crippen LogP contribution in [0.15, 0.2) is 48.6 Å². The molecule has 1 fully saturated rings. The van der Waals surface area contributed by atoms with E-state index in [1.54, 1.807) is 0 Å². The minimum Gasteiger partial charge on any atom is -0.469 e. The number of carbonyl (C=O) groups excluding carboxylic acids is 1. The van der Waals surface area contributed by atoms with E-state index in [4.69, 9.17) is 14.5 Å². The number of benzene rings is 1. The molecule has 0 aliphatic carbocycles. The van der Waals surface area contributed by atoms with Crippen molar-refractivity contribution in [2.75, 3.05) is 7.11 Å². The Morgan fingerprint density at radius 3 is 2.45 bits per heavy atom. The first-order chi connectivity index (χ1) is 14.8. The maximum absolute atomic E-state index is 11.6. The Labute approximate surface area is 188 Å². The Morgan fingerprint density at radius 1 is 1.03 bits per heavy atom. The van der Waals surface area contributed by atoms with Gasteiger partial charge in [0.15, 0.2) is 0 Å². The monoisotopic (exact) mass is 428 g/mol. The van der Waals surface area contributed by atoms with Crippen LogP contribution in [0.2, 0.25) is 0 Å². The molecule has 2 rings (SSSR count). The zero-order chi connectivity index (χ0) is 22.6. The molecule has 1 unspecified atom stereocenters. The van der Waals surface area contributed by atoms with Gasteiger partial charge in [-0.15, -0.1) is 0 Å². The Kier molecular flexibility index (Phi) is 10.5. The van der Waals surface area contributed by atoms with E-state index in [2.05, 4.69) is 62.4 Å². The molecule has 4 heteroatoms. The molecule has 0 bridgehead atoms. The molecule has 1 aliphatic heterocycles. The van der Waals surface area contributed by atoms with Gasteiger partial charge in [0, 0.05) is 6.42 Å². The van der Waals surface area contributed by atoms with Crippen LogP contribution in [0, 0.1) is 5.92 Å². The zero-order valence-corrected chi connectivity index (χ0v) is 19.8. The molecule has 172 valence electrons. The highest BCUT2D eigenvalue weighted by Gasteiger charge is 2.48. The number of esters is 1. The number of rotatable bonds is 13. The molecule has 1 aliphatic rings. The minimum absolute atomic E-state index is 0.224. The largest absolute Gasteiger partial charge is 0.469 e. The van der Waals surface area contributed by atoms with Crippen molar-refractivity contribution < 1.29 is 19.3 Å². The zero-order valence-electron chi connectivity index (χ0n) is 19.8. The van der Waals surface area contributed by atoms with Gasteiger partial charge in [-0.2, -0.15) is 0 Å². The van der Waals surface area contributed by atoms with Crippen molar-refractivity contribution in [3.8, 4) is 0 Å². The molecule has 1 aromatic carbocycles. The summed E-state index contributed by atoms with van der Waals surface area (Å²) >= 11 is 0. The summed E-state index contributed by atoms with van der Waals surface area (Å²) in [4.78, 5) is 22.8. The molecule has 0 radical (unpaired) electrons. The van der Waals surface area contributed by atoms with Crippen LogP contribution in [0.1, 0.15) is 84.1 Å². The fourth-order valence-corrected chi connectivity index (χ4v) is 4.43. The summed E-state index contributed by atoms with van der Waals surface area (Å²) in [6.07, 6.45) is 17.8. The third kappa shape index (κ3) is 9.84. The molecule has 0 aromatic heterocycles. The lowest BCUT2D eigenvalue weighted by Crippen LogP contribution is -2.32. The molecule has 1 saturated heterocycles. The highest BCUT2D eigenvalue weighted by molar-refractivity contribution is 5.70. The van der Waals surface area contributed by atoms with Gasteiger partial charge in [-0.1, -0.05) is 74.4 Å². The predicted molar refractivity (Wildman–Crippen MR) is 126 cm³/mol. The lowest BCUT2D eigenvalue weighted by Gasteiger charge is -2.25. The van der Waals surface area contributed by atoms with Gasteiger partial charge >= 0.3 is 5.97 Å². The second-order valence-corrected chi connectivity index (χ2v) is 9.45. The third-order valence-electron chi connectivity index (χ3n) is 5.81. The first kappa shape index (κ1) is 25.4. The fourth-order valence-electron chi connectivity index (χ4n) is 4.43. The van der Waals surface area contributed by atoms with E-state index in [1.165, 1.54) is 31.9 Å². The van der Waals surface area contributed by atoms with Gasteiger partial charge in [0.2, 0.25) is 0 Å². The molecular formula is C27H40O4. The number of ether oxygens (including phenoxy) is 1. The normalized spacial score (nSPS) is 24.8. The van der Waals surface area contributed by atoms with Crippen molar-refractivity contribution >= 4 is 12.0 Å². The van der Waals surface area contributed by atoms with Gasteiger partial charge in [-0.05, 0) is 57.4 Å². The van der Waals surface area contributed by atoms with Crippen LogP contribution >= 0.6 is 0 Å². The molecule has 0 N–H and O–H groups in total. The van der Waals surface area contributed by atoms with Gasteiger partial charge in [-0.25, -0.2) is 9.78 Å². The van der Waals surface area contributed by atoms with Crippen molar-refractivity contribution in [3.63, 3.8) is 0 Å². The fraction of sp³-hybridized carbons (Fsp3) is 0.593. The highest BCUT2D eigenvalue weighted by atomic mass is 17.2. The number of methoxy groups -OCH3 is 1. The maximum atomic E-state index is 11.6. The third-order valence-corrected chi connectivity index (χ3v) is 5.81. The van der Waals surface area contributed by atoms with Crippen LogP contribution in [-0.2, 0) is 19.3 Å². The molecule has 1 heterocycles. The van der Waals surface area contributed by atoms with E-state index in [-0.39, 0.29) is 18.0 Å². The van der Waals surface area contributed by atoms with E-state index >= 15 is 0 Å². The molecule has 31 heavy (non-hydrogen) atoms. The summed E-state index contributed by atoms with van der Waals surface area (Å²) in [5, 5.41) is 0. The van der Waals surface area contributed by atoms with E-state index in [9.17, 15) is 4.79 Å². The minimum atomic E-state index is -0.595. The van der Waals surface area contributed by atoms with Crippen LogP contribution in [0.5, 0.6) is 0 Å². The van der Waals surface area contributed by atoms with Crippen molar-refractivity contribution in [1.82, 2.24) is 0 Å². The Balaban J connectivity index is 1.55. The van der Waals surface area contributed by atoms with Crippen LogP contribution < -0.4 is 0 Å². The van der Waals surface area contributed by atoms with Crippen molar-refractivity contribution in [3.05, 3.63) is 54.1 Å². The molecule has 3 atom stereocenters. The Hall–Kier alpha value is -1.91. The van der Waals surface area contributed by atoms with E-state index < -0.39 is 5.60 Å². The van der Waals surface area contributed by atoms with Crippen molar-refractivity contribution in [2.45, 2.75) is 89.8 Å². The Bertz CT molecular complexity index is 711. The molecule has 0 spiro atoms. The number of carbonyl (C=O) groups is 1. The van der Waals surface area contributed by atoms with Crippen molar-refractivity contribution in [1.29, 1.82) is 0 Å². The standard InChI is InChI=1S/C27H40O4/c1-23(20-26(2)22-27(3,31-30-26)21-25(28)29-4)16-12-9-7-5-6-8-10-13-17-24-18-14-11-15-19-24/h5-6,11,13-15,17-19,23H,7-10,12,16,20-22H2,1-4H3/b6-5+,17-13+/t23?,26-,27+/m1/s1. The van der Waals surface area contributed by atoms with Gasteiger partial charge in [-0.3, -0.25) is 4.79 Å². The summed E-state index contributed by atoms with van der Waals surface area (Å²) in [6, 6.07) is 10.4. The SMILES string of the molecule is COC(=O)C[C@@]1(C)C[C@@](C)(CC(C)CCCC/C=C/CC/C=C/c2ccccc2)OO1. The molecule has 1 aromatic rings. The predicted octanol–water partition coefficient (Wildman–Crippen LogP) is 7.06. The number of hydrogen-bond donors (Lipinski definition) is 0. The van der Waals surface area contributed by atoms with Crippen LogP contribution in [0.3, 0.4) is 0 Å². The molecule has 0 saturated carbocycles. The van der Waals surface area contributed by atoms with E-state index in [0.717, 1.165) is 25.7 Å². The topological polar surface area (TPSA) is 44.8 Å². The van der Waals surface area contributed by atoms with E-state index in [1.807, 2.05) is 13.0 Å². The van der Waals surface area contributed by atoms with Crippen LogP contribution in [0.4, 0.5) is 0 Å². The second-order valence-electron chi connectivity index (χ2n) is 9.45. The summed E-state index contributed by atoms with van der Waals surface area (Å²) in [5.74, 6) is 0.296. The highest BCUT2D eigenvalue weighted by Crippen LogP contribution is 2.42. The molecular weight excluding hydrogens is 388 g/mol. The summed E-state index contributed by atoms with van der Waals surface area (Å²) in [6.45, 7) is 6.28. The molecule has 4 nitrogen and oxygen atoms in total. The van der Waals surface area contributed by atoms with Crippen LogP contribution in [-0.4, -0.2) is 24.3 Å². The average molecular weight is 429 g/mol. The summed E-state index contributed by atoms with van der Waals surface area (Å²) in [7, 11) is 1.40. The van der Waals surface area contributed by atoms with Crippen LogP contribution in [0.25, 0.3) is 6.08 Å². The smallest absolute Gasteiger partial charge is 0.308 e. The first-order valence-electron chi connectivity index (χ1n) is 11.6. The van der Waals surface area contributed by atoms with Gasteiger partial charge in [0.1, 0.15) is 11.2 Å². The lowest BCUT2D eigenvalue weighted by molar-refractivity contribution is -0.346. The van der Waals surface area contributed by atoms with Gasteiger partial charge in [0.25, 0.3) is 0 Å². The molecule has 0 amide bonds. The summed E-state index contributed by atoms with van der Waals surface area (Å²) < 4.78 is 4.77. The first-order valence-corrected chi connectivity index (χ1v) is 11.6. The van der Waals surface area contributed by atoms with Gasteiger partial charge in [0.05, 0.1) is 13.5 Å².